The third-order valence-corrected chi connectivity index (χ3v) is 3.48. The highest BCUT2D eigenvalue weighted by Gasteiger charge is 2.09. The highest BCUT2D eigenvalue weighted by atomic mass is 35.5. The Morgan fingerprint density at radius 3 is 2.75 bits per heavy atom. The van der Waals surface area contributed by atoms with Crippen molar-refractivity contribution < 1.29 is 9.18 Å². The van der Waals surface area contributed by atoms with Gasteiger partial charge in [-0.05, 0) is 36.4 Å². The number of aromatic nitrogens is 2. The standard InChI is InChI=1S/C16H10ClFN4O2/c17-14-12(16(24)22-8-2-1-3-13(22)20-14)9-19-21-15(23)10-4-6-11(18)7-5-10/h1-9H,(H,21,23). The van der Waals surface area contributed by atoms with E-state index in [-0.39, 0.29) is 16.3 Å². The Labute approximate surface area is 140 Å². The molecule has 120 valence electrons. The van der Waals surface area contributed by atoms with Crippen molar-refractivity contribution in [1.82, 2.24) is 14.8 Å². The fourth-order valence-electron chi connectivity index (χ4n) is 2.01. The van der Waals surface area contributed by atoms with Crippen LogP contribution in [-0.4, -0.2) is 21.5 Å². The number of hydrazone groups is 1. The minimum Gasteiger partial charge on any atom is -0.268 e. The van der Waals surface area contributed by atoms with E-state index in [1.54, 1.807) is 24.4 Å². The molecule has 2 aromatic heterocycles. The van der Waals surface area contributed by atoms with E-state index in [4.69, 9.17) is 11.6 Å². The number of amides is 1. The van der Waals surface area contributed by atoms with Gasteiger partial charge >= 0.3 is 0 Å². The molecule has 0 atom stereocenters. The van der Waals surface area contributed by atoms with Crippen LogP contribution in [0.4, 0.5) is 4.39 Å². The zero-order valence-corrected chi connectivity index (χ0v) is 12.9. The number of nitrogens with zero attached hydrogens (tertiary/aromatic N) is 3. The Hall–Kier alpha value is -3.06. The number of hydrogen-bond acceptors (Lipinski definition) is 4. The van der Waals surface area contributed by atoms with Crippen molar-refractivity contribution in [2.75, 3.05) is 0 Å². The Bertz CT molecular complexity index is 999. The molecule has 3 aromatic rings. The average molecular weight is 345 g/mol. The zero-order chi connectivity index (χ0) is 17.1. The van der Waals surface area contributed by atoms with Gasteiger partial charge in [0.1, 0.15) is 16.6 Å². The fraction of sp³-hybridized carbons (Fsp3) is 0. The van der Waals surface area contributed by atoms with Crippen LogP contribution in [0, 0.1) is 5.82 Å². The molecule has 1 aromatic carbocycles. The topological polar surface area (TPSA) is 75.8 Å². The van der Waals surface area contributed by atoms with Crippen molar-refractivity contribution in [2.45, 2.75) is 0 Å². The second-order valence-corrected chi connectivity index (χ2v) is 5.11. The van der Waals surface area contributed by atoms with E-state index >= 15 is 0 Å². The van der Waals surface area contributed by atoms with Crippen LogP contribution in [0.5, 0.6) is 0 Å². The SMILES string of the molecule is O=C(NN=Cc1c(Cl)nc2ccccn2c1=O)c1ccc(F)cc1. The molecule has 0 aliphatic carbocycles. The van der Waals surface area contributed by atoms with Crippen LogP contribution in [0.25, 0.3) is 5.65 Å². The van der Waals surface area contributed by atoms with Gasteiger partial charge in [-0.25, -0.2) is 14.8 Å². The number of carbonyl (C=O) groups is 1. The zero-order valence-electron chi connectivity index (χ0n) is 12.1. The fourth-order valence-corrected chi connectivity index (χ4v) is 2.22. The van der Waals surface area contributed by atoms with Crippen LogP contribution in [0.1, 0.15) is 15.9 Å². The van der Waals surface area contributed by atoms with Crippen LogP contribution in [0.15, 0.2) is 58.6 Å². The second-order valence-electron chi connectivity index (χ2n) is 4.76. The molecule has 0 fully saturated rings. The Kier molecular flexibility index (Phi) is 4.35. The Morgan fingerprint density at radius 2 is 2.00 bits per heavy atom. The molecule has 1 amide bonds. The van der Waals surface area contributed by atoms with Crippen LogP contribution in [-0.2, 0) is 0 Å². The average Bonchev–Trinajstić information content (AvgIpc) is 2.58. The minimum absolute atomic E-state index is 0.0222. The second kappa shape index (κ2) is 6.59. The monoisotopic (exact) mass is 344 g/mol. The predicted octanol–water partition coefficient (Wildman–Crippen LogP) is 2.25. The lowest BCUT2D eigenvalue weighted by Crippen LogP contribution is -2.22. The first-order valence-electron chi connectivity index (χ1n) is 6.82. The van der Waals surface area contributed by atoms with Crippen molar-refractivity contribution >= 4 is 29.4 Å². The van der Waals surface area contributed by atoms with E-state index in [1.807, 2.05) is 0 Å². The normalized spacial score (nSPS) is 11.1. The van der Waals surface area contributed by atoms with E-state index in [1.165, 1.54) is 16.5 Å². The third kappa shape index (κ3) is 3.16. The summed E-state index contributed by atoms with van der Waals surface area (Å²) in [5, 5.41) is 3.69. The van der Waals surface area contributed by atoms with E-state index in [0.717, 1.165) is 18.3 Å². The molecule has 0 aliphatic heterocycles. The van der Waals surface area contributed by atoms with Crippen molar-refractivity contribution in [2.24, 2.45) is 5.10 Å². The number of nitrogens with one attached hydrogen (secondary N) is 1. The molecule has 0 unspecified atom stereocenters. The quantitative estimate of drug-likeness (QED) is 0.450. The highest BCUT2D eigenvalue weighted by Crippen LogP contribution is 2.08. The molecule has 0 saturated heterocycles. The molecule has 1 N–H and O–H groups in total. The van der Waals surface area contributed by atoms with Crippen LogP contribution >= 0.6 is 11.6 Å². The van der Waals surface area contributed by atoms with E-state index in [0.29, 0.717) is 5.65 Å². The van der Waals surface area contributed by atoms with Gasteiger partial charge in [0.15, 0.2) is 0 Å². The van der Waals surface area contributed by atoms with Gasteiger partial charge < -0.3 is 0 Å². The molecule has 3 rings (SSSR count). The molecule has 0 aliphatic rings. The van der Waals surface area contributed by atoms with Crippen molar-refractivity contribution in [1.29, 1.82) is 0 Å². The molecule has 2 heterocycles. The lowest BCUT2D eigenvalue weighted by atomic mass is 10.2. The first kappa shape index (κ1) is 15.8. The molecule has 0 spiro atoms. The summed E-state index contributed by atoms with van der Waals surface area (Å²) in [6.45, 7) is 0. The van der Waals surface area contributed by atoms with Gasteiger partial charge in [0.25, 0.3) is 11.5 Å². The minimum atomic E-state index is -0.545. The highest BCUT2D eigenvalue weighted by molar-refractivity contribution is 6.32. The maximum Gasteiger partial charge on any atom is 0.271 e. The summed E-state index contributed by atoms with van der Waals surface area (Å²) in [6, 6.07) is 10.0. The molecule has 0 saturated carbocycles. The van der Waals surface area contributed by atoms with Gasteiger partial charge in [-0.15, -0.1) is 0 Å². The number of rotatable bonds is 3. The maximum absolute atomic E-state index is 12.8. The number of halogens is 2. The maximum atomic E-state index is 12.8. The molecule has 0 radical (unpaired) electrons. The molecule has 6 nitrogen and oxygen atoms in total. The van der Waals surface area contributed by atoms with Crippen molar-refractivity contribution in [3.8, 4) is 0 Å². The summed E-state index contributed by atoms with van der Waals surface area (Å²) in [4.78, 5) is 28.3. The van der Waals surface area contributed by atoms with Gasteiger partial charge in [0, 0.05) is 11.8 Å². The number of hydrogen-bond donors (Lipinski definition) is 1. The summed E-state index contributed by atoms with van der Waals surface area (Å²) < 4.78 is 14.1. The van der Waals surface area contributed by atoms with Crippen LogP contribution < -0.4 is 11.0 Å². The Balaban J connectivity index is 1.84. The van der Waals surface area contributed by atoms with Gasteiger partial charge in [0.05, 0.1) is 11.8 Å². The molecule has 8 heteroatoms. The van der Waals surface area contributed by atoms with E-state index in [2.05, 4.69) is 15.5 Å². The van der Waals surface area contributed by atoms with Gasteiger partial charge in [-0.3, -0.25) is 14.0 Å². The molecular weight excluding hydrogens is 335 g/mol. The first-order valence-corrected chi connectivity index (χ1v) is 7.20. The van der Waals surface area contributed by atoms with Crippen molar-refractivity contribution in [3.63, 3.8) is 0 Å². The number of pyridine rings is 1. The largest absolute Gasteiger partial charge is 0.271 e. The van der Waals surface area contributed by atoms with Crippen LogP contribution in [0.3, 0.4) is 0 Å². The molecule has 24 heavy (non-hydrogen) atoms. The predicted molar refractivity (Wildman–Crippen MR) is 87.9 cm³/mol. The lowest BCUT2D eigenvalue weighted by molar-refractivity contribution is 0.0955. The van der Waals surface area contributed by atoms with Gasteiger partial charge in [0.2, 0.25) is 0 Å². The third-order valence-electron chi connectivity index (χ3n) is 3.19. The first-order chi connectivity index (χ1) is 11.6. The summed E-state index contributed by atoms with van der Waals surface area (Å²) >= 11 is 5.99. The van der Waals surface area contributed by atoms with E-state index < -0.39 is 17.3 Å². The van der Waals surface area contributed by atoms with Gasteiger partial charge in [-0.1, -0.05) is 17.7 Å². The lowest BCUT2D eigenvalue weighted by Gasteiger charge is -2.03. The van der Waals surface area contributed by atoms with Crippen LogP contribution in [0.2, 0.25) is 5.15 Å². The summed E-state index contributed by atoms with van der Waals surface area (Å²) in [7, 11) is 0. The Morgan fingerprint density at radius 1 is 1.25 bits per heavy atom. The number of benzene rings is 1. The molecular formula is C16H10ClFN4O2. The summed E-state index contributed by atoms with van der Waals surface area (Å²) in [5.74, 6) is -0.992. The van der Waals surface area contributed by atoms with E-state index in [9.17, 15) is 14.0 Å². The van der Waals surface area contributed by atoms with Gasteiger partial charge in [-0.2, -0.15) is 5.10 Å². The van der Waals surface area contributed by atoms with Crippen molar-refractivity contribution in [3.05, 3.63) is 81.1 Å². The summed E-state index contributed by atoms with van der Waals surface area (Å²) in [5.41, 5.74) is 2.51. The number of carbonyl (C=O) groups excluding carboxylic acids is 1. The smallest absolute Gasteiger partial charge is 0.268 e. The number of fused-ring (bicyclic) bond motifs is 1. The summed E-state index contributed by atoms with van der Waals surface area (Å²) in [6.07, 6.45) is 2.67. The molecule has 0 bridgehead atoms.